The predicted molar refractivity (Wildman–Crippen MR) is 106 cm³/mol. The molecule has 6 nitrogen and oxygen atoms in total. The zero-order valence-corrected chi connectivity index (χ0v) is 16.6. The first-order valence-corrected chi connectivity index (χ1v) is 10.3. The van der Waals surface area contributed by atoms with Gasteiger partial charge >= 0.3 is 0 Å². The number of carbonyl (C=O) groups excluding carboxylic acids is 1. The van der Waals surface area contributed by atoms with Crippen LogP contribution >= 0.6 is 0 Å². The Morgan fingerprint density at radius 2 is 1.71 bits per heavy atom. The molecular formula is C21H22N2O4S. The van der Waals surface area contributed by atoms with Crippen molar-refractivity contribution in [1.82, 2.24) is 9.62 Å². The first-order valence-electron chi connectivity index (χ1n) is 8.78. The Kier molecular flexibility index (Phi) is 5.96. The maximum absolute atomic E-state index is 12.5. The van der Waals surface area contributed by atoms with Crippen LogP contribution in [0.1, 0.15) is 27.2 Å². The number of rotatable bonds is 7. The second-order valence-electron chi connectivity index (χ2n) is 6.58. The number of benzene rings is 2. The molecule has 0 aliphatic carbocycles. The standard InChI is InChI=1S/C21H22N2O4S/c1-16-5-11-20(12-6-16)28(25,26)22-14-17-7-9-18(10-8-17)21(24)23(2)15-19-4-3-13-27-19/h3-13,22H,14-15H2,1-2H3. The highest BCUT2D eigenvalue weighted by molar-refractivity contribution is 7.89. The van der Waals surface area contributed by atoms with Crippen LogP contribution in [0.5, 0.6) is 0 Å². The van der Waals surface area contributed by atoms with E-state index in [1.165, 1.54) is 0 Å². The fraction of sp³-hybridized carbons (Fsp3) is 0.190. The quantitative estimate of drug-likeness (QED) is 0.662. The van der Waals surface area contributed by atoms with Gasteiger partial charge in [-0.05, 0) is 48.9 Å². The molecule has 0 aliphatic heterocycles. The lowest BCUT2D eigenvalue weighted by Gasteiger charge is -2.16. The summed E-state index contributed by atoms with van der Waals surface area (Å²) in [6.45, 7) is 2.43. The number of amides is 1. The van der Waals surface area contributed by atoms with Gasteiger partial charge in [0.05, 0.1) is 17.7 Å². The van der Waals surface area contributed by atoms with Crippen molar-refractivity contribution in [1.29, 1.82) is 0 Å². The summed E-state index contributed by atoms with van der Waals surface area (Å²) < 4.78 is 32.5. The van der Waals surface area contributed by atoms with Gasteiger partial charge in [0.25, 0.3) is 5.91 Å². The van der Waals surface area contributed by atoms with E-state index in [-0.39, 0.29) is 17.3 Å². The number of sulfonamides is 1. The first kappa shape index (κ1) is 19.9. The van der Waals surface area contributed by atoms with Crippen LogP contribution in [-0.2, 0) is 23.1 Å². The van der Waals surface area contributed by atoms with Crippen LogP contribution in [0.25, 0.3) is 0 Å². The van der Waals surface area contributed by atoms with Crippen LogP contribution < -0.4 is 4.72 Å². The topological polar surface area (TPSA) is 79.6 Å². The van der Waals surface area contributed by atoms with Crippen molar-refractivity contribution in [3.63, 3.8) is 0 Å². The zero-order chi connectivity index (χ0) is 20.1. The Bertz CT molecular complexity index is 1030. The Morgan fingerprint density at radius 3 is 2.32 bits per heavy atom. The third-order valence-corrected chi connectivity index (χ3v) is 5.74. The average molecular weight is 398 g/mol. The molecule has 0 radical (unpaired) electrons. The molecule has 0 saturated heterocycles. The maximum Gasteiger partial charge on any atom is 0.254 e. The summed E-state index contributed by atoms with van der Waals surface area (Å²) in [4.78, 5) is 14.3. The Morgan fingerprint density at radius 1 is 1.04 bits per heavy atom. The maximum atomic E-state index is 12.5. The molecule has 1 aromatic heterocycles. The van der Waals surface area contributed by atoms with E-state index in [4.69, 9.17) is 4.42 Å². The number of aryl methyl sites for hydroxylation is 1. The number of hydrogen-bond donors (Lipinski definition) is 1. The smallest absolute Gasteiger partial charge is 0.254 e. The molecule has 1 N–H and O–H groups in total. The van der Waals surface area contributed by atoms with Gasteiger partial charge < -0.3 is 9.32 Å². The van der Waals surface area contributed by atoms with E-state index in [0.29, 0.717) is 17.9 Å². The van der Waals surface area contributed by atoms with Gasteiger partial charge in [-0.3, -0.25) is 4.79 Å². The lowest BCUT2D eigenvalue weighted by Crippen LogP contribution is -2.26. The van der Waals surface area contributed by atoms with E-state index in [1.807, 2.05) is 13.0 Å². The van der Waals surface area contributed by atoms with Crippen molar-refractivity contribution < 1.29 is 17.6 Å². The number of nitrogens with one attached hydrogen (secondary N) is 1. The highest BCUT2D eigenvalue weighted by atomic mass is 32.2. The lowest BCUT2D eigenvalue weighted by molar-refractivity contribution is 0.0775. The third-order valence-electron chi connectivity index (χ3n) is 4.32. The van der Waals surface area contributed by atoms with Crippen LogP contribution in [0.3, 0.4) is 0 Å². The number of hydrogen-bond acceptors (Lipinski definition) is 4. The third kappa shape index (κ3) is 4.88. The van der Waals surface area contributed by atoms with Crippen LogP contribution in [0.2, 0.25) is 0 Å². The highest BCUT2D eigenvalue weighted by Gasteiger charge is 2.15. The Labute approximate surface area is 164 Å². The molecule has 0 unspecified atom stereocenters. The Hall–Kier alpha value is -2.90. The van der Waals surface area contributed by atoms with E-state index in [9.17, 15) is 13.2 Å². The minimum Gasteiger partial charge on any atom is -0.467 e. The van der Waals surface area contributed by atoms with Crippen molar-refractivity contribution >= 4 is 15.9 Å². The second-order valence-corrected chi connectivity index (χ2v) is 8.34. The van der Waals surface area contributed by atoms with Crippen molar-refractivity contribution in [3.8, 4) is 0 Å². The second kappa shape index (κ2) is 8.41. The minimum absolute atomic E-state index is 0.136. The molecule has 7 heteroatoms. The van der Waals surface area contributed by atoms with E-state index >= 15 is 0 Å². The predicted octanol–water partition coefficient (Wildman–Crippen LogP) is 3.34. The molecular weight excluding hydrogens is 376 g/mol. The van der Waals surface area contributed by atoms with Crippen LogP contribution in [0.15, 0.2) is 76.2 Å². The first-order chi connectivity index (χ1) is 13.3. The van der Waals surface area contributed by atoms with E-state index < -0.39 is 10.0 Å². The molecule has 28 heavy (non-hydrogen) atoms. The molecule has 146 valence electrons. The normalized spacial score (nSPS) is 11.4. The summed E-state index contributed by atoms with van der Waals surface area (Å²) in [5.74, 6) is 0.571. The van der Waals surface area contributed by atoms with E-state index in [2.05, 4.69) is 4.72 Å². The minimum atomic E-state index is -3.58. The van der Waals surface area contributed by atoms with Gasteiger partial charge in [0.15, 0.2) is 0 Å². The van der Waals surface area contributed by atoms with Crippen LogP contribution in [0.4, 0.5) is 0 Å². The van der Waals surface area contributed by atoms with E-state index in [1.54, 1.807) is 72.8 Å². The summed E-state index contributed by atoms with van der Waals surface area (Å²) >= 11 is 0. The largest absolute Gasteiger partial charge is 0.467 e. The monoisotopic (exact) mass is 398 g/mol. The molecule has 3 rings (SSSR count). The number of nitrogens with zero attached hydrogens (tertiary/aromatic N) is 1. The van der Waals surface area contributed by atoms with Gasteiger partial charge in [-0.15, -0.1) is 0 Å². The molecule has 0 spiro atoms. The van der Waals surface area contributed by atoms with Gasteiger partial charge in [0.2, 0.25) is 10.0 Å². The summed E-state index contributed by atoms with van der Waals surface area (Å²) in [5.41, 5.74) is 2.29. The van der Waals surface area contributed by atoms with Crippen LogP contribution in [-0.4, -0.2) is 26.3 Å². The van der Waals surface area contributed by atoms with E-state index in [0.717, 1.165) is 11.1 Å². The van der Waals surface area contributed by atoms with Gasteiger partial charge in [-0.25, -0.2) is 13.1 Å². The van der Waals surface area contributed by atoms with Crippen molar-refractivity contribution in [2.75, 3.05) is 7.05 Å². The molecule has 3 aromatic rings. The molecule has 0 aliphatic rings. The SMILES string of the molecule is Cc1ccc(S(=O)(=O)NCc2ccc(C(=O)N(C)Cc3ccco3)cc2)cc1. The molecule has 0 saturated carbocycles. The number of carbonyl (C=O) groups is 1. The molecule has 0 fully saturated rings. The molecule has 0 bridgehead atoms. The molecule has 1 amide bonds. The summed E-state index contributed by atoms with van der Waals surface area (Å²) in [5, 5.41) is 0. The molecule has 2 aromatic carbocycles. The summed E-state index contributed by atoms with van der Waals surface area (Å²) in [6.07, 6.45) is 1.57. The van der Waals surface area contributed by atoms with Gasteiger partial charge in [-0.2, -0.15) is 0 Å². The van der Waals surface area contributed by atoms with Crippen molar-refractivity contribution in [2.45, 2.75) is 24.9 Å². The van der Waals surface area contributed by atoms with Crippen molar-refractivity contribution in [2.24, 2.45) is 0 Å². The van der Waals surface area contributed by atoms with Crippen LogP contribution in [0, 0.1) is 6.92 Å². The Balaban J connectivity index is 1.61. The zero-order valence-electron chi connectivity index (χ0n) is 15.8. The van der Waals surface area contributed by atoms with Gasteiger partial charge in [-0.1, -0.05) is 29.8 Å². The fourth-order valence-corrected chi connectivity index (χ4v) is 3.69. The lowest BCUT2D eigenvalue weighted by atomic mass is 10.1. The summed E-state index contributed by atoms with van der Waals surface area (Å²) in [6, 6.07) is 17.1. The van der Waals surface area contributed by atoms with Gasteiger partial charge in [0.1, 0.15) is 5.76 Å². The molecule has 0 atom stereocenters. The highest BCUT2D eigenvalue weighted by Crippen LogP contribution is 2.13. The average Bonchev–Trinajstić information content (AvgIpc) is 3.19. The summed E-state index contributed by atoms with van der Waals surface area (Å²) in [7, 11) is -1.88. The fourth-order valence-electron chi connectivity index (χ4n) is 2.67. The molecule has 1 heterocycles. The number of furan rings is 1. The van der Waals surface area contributed by atoms with Gasteiger partial charge in [0, 0.05) is 19.2 Å². The van der Waals surface area contributed by atoms with Crippen molar-refractivity contribution in [3.05, 3.63) is 89.4 Å².